The molecule has 8 heteroatoms. The van der Waals surface area contributed by atoms with Gasteiger partial charge >= 0.3 is 11.9 Å². The van der Waals surface area contributed by atoms with E-state index in [1.807, 2.05) is 6.92 Å². The van der Waals surface area contributed by atoms with Crippen molar-refractivity contribution >= 4 is 27.6 Å². The molecule has 0 radical (unpaired) electrons. The Morgan fingerprint density at radius 3 is 2.47 bits per heavy atom. The molecule has 0 aliphatic heterocycles. The van der Waals surface area contributed by atoms with Gasteiger partial charge in [-0.3, -0.25) is 4.72 Å². The smallest absolute Gasteiger partial charge is 0.344 e. The molecule has 0 saturated heterocycles. The molecule has 34 heavy (non-hydrogen) atoms. The number of ether oxygens (including phenoxy) is 2. The Kier molecular flexibility index (Phi) is 8.36. The number of sulfonamides is 1. The second-order valence-electron chi connectivity index (χ2n) is 9.43. The maximum absolute atomic E-state index is 12.7. The van der Waals surface area contributed by atoms with Crippen molar-refractivity contribution in [1.29, 1.82) is 0 Å². The van der Waals surface area contributed by atoms with Crippen molar-refractivity contribution in [3.05, 3.63) is 59.7 Å². The molecule has 0 unspecified atom stereocenters. The first-order valence-electron chi connectivity index (χ1n) is 11.6. The van der Waals surface area contributed by atoms with Gasteiger partial charge in [-0.1, -0.05) is 51.0 Å². The number of benzene rings is 2. The third-order valence-electron chi connectivity index (χ3n) is 6.25. The monoisotopic (exact) mass is 487 g/mol. The molecule has 1 saturated carbocycles. The molecule has 3 atom stereocenters. The Labute approximate surface area is 201 Å². The molecule has 0 heterocycles. The standard InChI is InChI=1S/C26H33NO6S/c1-17(2)23-13-10-19(4)14-24(23)33-25(28)16-32-26(29)20-6-5-7-22(15-20)34(30,31)27-21-11-8-18(3)9-12-21/h5-9,11-12,15,17,19,23-24,27H,10,13-14,16H2,1-4H3/t19-,23+,24+/m0/s1. The topological polar surface area (TPSA) is 98.8 Å². The lowest BCUT2D eigenvalue weighted by atomic mass is 9.75. The predicted molar refractivity (Wildman–Crippen MR) is 130 cm³/mol. The zero-order valence-corrected chi connectivity index (χ0v) is 20.9. The van der Waals surface area contributed by atoms with Crippen molar-refractivity contribution in [3.8, 4) is 0 Å². The molecule has 0 bridgehead atoms. The van der Waals surface area contributed by atoms with E-state index in [0.29, 0.717) is 23.4 Å². The molecule has 0 amide bonds. The van der Waals surface area contributed by atoms with Crippen LogP contribution in [-0.2, 0) is 24.3 Å². The Hall–Kier alpha value is -2.87. The second kappa shape index (κ2) is 11.0. The lowest BCUT2D eigenvalue weighted by Crippen LogP contribution is -2.36. The van der Waals surface area contributed by atoms with Crippen molar-refractivity contribution in [2.24, 2.45) is 17.8 Å². The van der Waals surface area contributed by atoms with Crippen LogP contribution in [0.5, 0.6) is 0 Å². The average molecular weight is 488 g/mol. The largest absolute Gasteiger partial charge is 0.460 e. The highest BCUT2D eigenvalue weighted by Gasteiger charge is 2.33. The summed E-state index contributed by atoms with van der Waals surface area (Å²) in [5.41, 5.74) is 1.45. The number of hydrogen-bond acceptors (Lipinski definition) is 6. The third kappa shape index (κ3) is 6.82. The van der Waals surface area contributed by atoms with Gasteiger partial charge in [-0.05, 0) is 67.9 Å². The van der Waals surface area contributed by atoms with Crippen LogP contribution in [0.3, 0.4) is 0 Å². The van der Waals surface area contributed by atoms with Crippen molar-refractivity contribution in [1.82, 2.24) is 0 Å². The quantitative estimate of drug-likeness (QED) is 0.529. The molecule has 2 aromatic carbocycles. The molecule has 184 valence electrons. The Morgan fingerprint density at radius 1 is 1.09 bits per heavy atom. The van der Waals surface area contributed by atoms with Crippen LogP contribution in [0.2, 0.25) is 0 Å². The highest BCUT2D eigenvalue weighted by atomic mass is 32.2. The van der Waals surface area contributed by atoms with Gasteiger partial charge in [0.2, 0.25) is 0 Å². The van der Waals surface area contributed by atoms with E-state index < -0.39 is 28.6 Å². The van der Waals surface area contributed by atoms with Gasteiger partial charge in [-0.2, -0.15) is 0 Å². The third-order valence-corrected chi connectivity index (χ3v) is 7.63. The van der Waals surface area contributed by atoms with E-state index in [-0.39, 0.29) is 16.6 Å². The first-order chi connectivity index (χ1) is 16.0. The minimum absolute atomic E-state index is 0.0333. The Morgan fingerprint density at radius 2 is 1.79 bits per heavy atom. The number of esters is 2. The summed E-state index contributed by atoms with van der Waals surface area (Å²) in [5.74, 6) is -0.219. The van der Waals surface area contributed by atoms with Crippen LogP contribution in [0.1, 0.15) is 56.0 Å². The molecular weight excluding hydrogens is 454 g/mol. The van der Waals surface area contributed by atoms with E-state index in [9.17, 15) is 18.0 Å². The normalized spacial score (nSPS) is 20.6. The van der Waals surface area contributed by atoms with Gasteiger partial charge in [0.1, 0.15) is 6.10 Å². The lowest BCUT2D eigenvalue weighted by molar-refractivity contribution is -0.159. The SMILES string of the molecule is Cc1ccc(NS(=O)(=O)c2cccc(C(=O)OCC(=O)O[C@@H]3C[C@@H](C)CC[C@@H]3C(C)C)c2)cc1. The average Bonchev–Trinajstić information content (AvgIpc) is 2.79. The fraction of sp³-hybridized carbons (Fsp3) is 0.462. The van der Waals surface area contributed by atoms with Gasteiger partial charge in [0.05, 0.1) is 10.5 Å². The second-order valence-corrected chi connectivity index (χ2v) is 11.1. The number of anilines is 1. The minimum Gasteiger partial charge on any atom is -0.460 e. The summed E-state index contributed by atoms with van der Waals surface area (Å²) in [5, 5.41) is 0. The maximum Gasteiger partial charge on any atom is 0.344 e. The molecule has 2 aromatic rings. The number of aryl methyl sites for hydroxylation is 1. The summed E-state index contributed by atoms with van der Waals surface area (Å²) in [7, 11) is -3.90. The summed E-state index contributed by atoms with van der Waals surface area (Å²) in [6.07, 6.45) is 2.74. The molecule has 1 aliphatic carbocycles. The van der Waals surface area contributed by atoms with E-state index in [0.717, 1.165) is 24.8 Å². The summed E-state index contributed by atoms with van der Waals surface area (Å²) in [4.78, 5) is 24.8. The van der Waals surface area contributed by atoms with Gasteiger partial charge in [0.15, 0.2) is 6.61 Å². The van der Waals surface area contributed by atoms with Crippen LogP contribution in [0.25, 0.3) is 0 Å². The zero-order chi connectivity index (χ0) is 24.9. The summed E-state index contributed by atoms with van der Waals surface area (Å²) in [6.45, 7) is 7.77. The van der Waals surface area contributed by atoms with Crippen molar-refractivity contribution < 1.29 is 27.5 Å². The maximum atomic E-state index is 12.7. The highest BCUT2D eigenvalue weighted by Crippen LogP contribution is 2.35. The fourth-order valence-corrected chi connectivity index (χ4v) is 5.39. The number of carbonyl (C=O) groups excluding carboxylic acids is 2. The number of rotatable bonds is 8. The van der Waals surface area contributed by atoms with Crippen molar-refractivity contribution in [2.75, 3.05) is 11.3 Å². The number of nitrogens with one attached hydrogen (secondary N) is 1. The highest BCUT2D eigenvalue weighted by molar-refractivity contribution is 7.92. The van der Waals surface area contributed by atoms with E-state index in [4.69, 9.17) is 9.47 Å². The Balaban J connectivity index is 1.60. The molecule has 0 spiro atoms. The van der Waals surface area contributed by atoms with E-state index in [1.165, 1.54) is 24.3 Å². The molecule has 7 nitrogen and oxygen atoms in total. The van der Waals surface area contributed by atoms with E-state index in [1.54, 1.807) is 24.3 Å². The fourth-order valence-electron chi connectivity index (χ4n) is 4.29. The van der Waals surface area contributed by atoms with Gasteiger partial charge in [0.25, 0.3) is 10.0 Å². The summed E-state index contributed by atoms with van der Waals surface area (Å²) in [6, 6.07) is 12.4. The molecule has 3 rings (SSSR count). The zero-order valence-electron chi connectivity index (χ0n) is 20.1. The Bertz CT molecular complexity index is 1110. The summed E-state index contributed by atoms with van der Waals surface area (Å²) >= 11 is 0. The van der Waals surface area contributed by atoms with Crippen LogP contribution in [0.4, 0.5) is 5.69 Å². The lowest BCUT2D eigenvalue weighted by Gasteiger charge is -2.36. The van der Waals surface area contributed by atoms with Crippen molar-refractivity contribution in [2.45, 2.75) is 58.0 Å². The van der Waals surface area contributed by atoms with Gasteiger partial charge in [-0.25, -0.2) is 18.0 Å². The van der Waals surface area contributed by atoms with Gasteiger partial charge < -0.3 is 9.47 Å². The van der Waals surface area contributed by atoms with Gasteiger partial charge in [0, 0.05) is 5.69 Å². The number of carbonyl (C=O) groups is 2. The molecule has 1 N–H and O–H groups in total. The molecule has 1 fully saturated rings. The van der Waals surface area contributed by atoms with Crippen molar-refractivity contribution in [3.63, 3.8) is 0 Å². The molecular formula is C26H33NO6S. The predicted octanol–water partition coefficient (Wildman–Crippen LogP) is 4.96. The van der Waals surface area contributed by atoms with Gasteiger partial charge in [-0.15, -0.1) is 0 Å². The minimum atomic E-state index is -3.90. The van der Waals surface area contributed by atoms with Crippen LogP contribution >= 0.6 is 0 Å². The van der Waals surface area contributed by atoms with Crippen LogP contribution < -0.4 is 4.72 Å². The first kappa shape index (κ1) is 25.7. The molecule has 1 aliphatic rings. The van der Waals surface area contributed by atoms with E-state index in [2.05, 4.69) is 25.5 Å². The van der Waals surface area contributed by atoms with E-state index >= 15 is 0 Å². The molecule has 0 aromatic heterocycles. The summed E-state index contributed by atoms with van der Waals surface area (Å²) < 4.78 is 38.7. The van der Waals surface area contributed by atoms with Crippen LogP contribution in [-0.4, -0.2) is 33.1 Å². The first-order valence-corrected chi connectivity index (χ1v) is 13.1. The number of hydrogen-bond donors (Lipinski definition) is 1. The van der Waals surface area contributed by atoms with Crippen LogP contribution in [0.15, 0.2) is 53.4 Å². The van der Waals surface area contributed by atoms with Crippen LogP contribution in [0, 0.1) is 24.7 Å².